The second-order valence-electron chi connectivity index (χ2n) is 6.94. The molecule has 1 aliphatic rings. The first-order chi connectivity index (χ1) is 12.1. The monoisotopic (exact) mass is 365 g/mol. The molecule has 0 aromatic carbocycles. The van der Waals surface area contributed by atoms with Crippen LogP contribution >= 0.6 is 11.3 Å². The van der Waals surface area contributed by atoms with E-state index in [1.54, 1.807) is 0 Å². The van der Waals surface area contributed by atoms with Gasteiger partial charge < -0.3 is 20.0 Å². The van der Waals surface area contributed by atoms with E-state index in [-0.39, 0.29) is 0 Å². The maximum absolute atomic E-state index is 4.86. The number of hydrogen-bond donors (Lipinski definition) is 1. The van der Waals surface area contributed by atoms with Gasteiger partial charge in [0.25, 0.3) is 0 Å². The maximum Gasteiger partial charge on any atom is 0.194 e. The molecule has 0 atom stereocenters. The molecule has 0 amide bonds. The summed E-state index contributed by atoms with van der Waals surface area (Å²) in [6.07, 6.45) is 2.37. The molecule has 25 heavy (non-hydrogen) atoms. The van der Waals surface area contributed by atoms with Gasteiger partial charge in [-0.1, -0.05) is 0 Å². The predicted molar refractivity (Wildman–Crippen MR) is 111 cm³/mol. The zero-order chi connectivity index (χ0) is 18.1. The lowest BCUT2D eigenvalue weighted by Crippen LogP contribution is -2.52. The summed E-state index contributed by atoms with van der Waals surface area (Å²) >= 11 is 1.83. The zero-order valence-corrected chi connectivity index (χ0v) is 17.2. The molecule has 142 valence electrons. The molecule has 1 fully saturated rings. The summed E-state index contributed by atoms with van der Waals surface area (Å²) in [6, 6.07) is 4.98. The summed E-state index contributed by atoms with van der Waals surface area (Å²) in [4.78, 5) is 12.2. The Morgan fingerprint density at radius 3 is 2.64 bits per heavy atom. The largest absolute Gasteiger partial charge is 0.360 e. The molecule has 2 rings (SSSR count). The van der Waals surface area contributed by atoms with Gasteiger partial charge in [-0.15, -0.1) is 11.3 Å². The third-order valence-corrected chi connectivity index (χ3v) is 5.72. The summed E-state index contributed by atoms with van der Waals surface area (Å²) in [7, 11) is 2.20. The quantitative estimate of drug-likeness (QED) is 0.436. The van der Waals surface area contributed by atoms with Crippen LogP contribution in [0.3, 0.4) is 0 Å². The highest BCUT2D eigenvalue weighted by atomic mass is 32.1. The predicted octanol–water partition coefficient (Wildman–Crippen LogP) is 2.96. The van der Waals surface area contributed by atoms with Crippen LogP contribution < -0.4 is 10.2 Å². The number of unbranched alkanes of at least 4 members (excludes halogenated alkanes) is 1. The van der Waals surface area contributed by atoms with Gasteiger partial charge in [0.05, 0.1) is 5.00 Å². The third kappa shape index (κ3) is 6.51. The van der Waals surface area contributed by atoms with Gasteiger partial charge in [0.1, 0.15) is 0 Å². The number of guanidine groups is 1. The lowest BCUT2D eigenvalue weighted by atomic mass is 10.2. The van der Waals surface area contributed by atoms with Crippen molar-refractivity contribution in [2.75, 3.05) is 57.8 Å². The molecule has 5 nitrogen and oxygen atoms in total. The molecule has 0 saturated carbocycles. The first-order valence-electron chi connectivity index (χ1n) is 9.63. The second-order valence-corrected chi connectivity index (χ2v) is 7.87. The van der Waals surface area contributed by atoms with E-state index in [0.29, 0.717) is 6.04 Å². The van der Waals surface area contributed by atoms with Crippen LogP contribution in [0, 0.1) is 0 Å². The van der Waals surface area contributed by atoms with Crippen LogP contribution in [0.25, 0.3) is 0 Å². The number of anilines is 1. The molecule has 0 aliphatic carbocycles. The lowest BCUT2D eigenvalue weighted by Gasteiger charge is -2.37. The zero-order valence-electron chi connectivity index (χ0n) is 16.4. The number of nitrogens with one attached hydrogen (secondary N) is 1. The molecule has 1 saturated heterocycles. The number of nitrogens with zero attached hydrogens (tertiary/aromatic N) is 4. The molecule has 0 radical (unpaired) electrons. The van der Waals surface area contributed by atoms with Gasteiger partial charge in [-0.25, -0.2) is 0 Å². The van der Waals surface area contributed by atoms with E-state index in [9.17, 15) is 0 Å². The standard InChI is InChI=1S/C19H35N5S/c1-5-20-19(21-10-6-7-11-22(4)17(2)3)24-14-12-23(13-15-24)18-9-8-16-25-18/h8-9,16-17H,5-7,10-15H2,1-4H3,(H,20,21). The lowest BCUT2D eigenvalue weighted by molar-refractivity contribution is 0.269. The van der Waals surface area contributed by atoms with Crippen molar-refractivity contribution in [1.29, 1.82) is 0 Å². The van der Waals surface area contributed by atoms with Crippen molar-refractivity contribution < 1.29 is 0 Å². The van der Waals surface area contributed by atoms with Gasteiger partial charge in [0.15, 0.2) is 5.96 Å². The van der Waals surface area contributed by atoms with E-state index in [1.165, 1.54) is 11.4 Å². The van der Waals surface area contributed by atoms with E-state index in [0.717, 1.165) is 58.2 Å². The van der Waals surface area contributed by atoms with Crippen molar-refractivity contribution in [1.82, 2.24) is 15.1 Å². The molecule has 2 heterocycles. The molecular formula is C19H35N5S. The van der Waals surface area contributed by atoms with Crippen LogP contribution in [-0.2, 0) is 0 Å². The maximum atomic E-state index is 4.86. The van der Waals surface area contributed by atoms with Gasteiger partial charge in [-0.05, 0) is 64.7 Å². The molecule has 1 aromatic rings. The van der Waals surface area contributed by atoms with Crippen molar-refractivity contribution in [2.24, 2.45) is 4.99 Å². The highest BCUT2D eigenvalue weighted by molar-refractivity contribution is 7.14. The van der Waals surface area contributed by atoms with Crippen LogP contribution in [0.4, 0.5) is 5.00 Å². The van der Waals surface area contributed by atoms with Gasteiger partial charge in [-0.3, -0.25) is 4.99 Å². The molecule has 6 heteroatoms. The molecule has 1 aromatic heterocycles. The van der Waals surface area contributed by atoms with Gasteiger partial charge in [0.2, 0.25) is 0 Å². The van der Waals surface area contributed by atoms with Gasteiger partial charge in [0, 0.05) is 45.3 Å². The number of rotatable bonds is 8. The number of aliphatic imine (C=N–C) groups is 1. The van der Waals surface area contributed by atoms with Crippen LogP contribution in [0.2, 0.25) is 0 Å². The first-order valence-corrected chi connectivity index (χ1v) is 10.5. The fourth-order valence-electron chi connectivity index (χ4n) is 2.93. The van der Waals surface area contributed by atoms with Crippen molar-refractivity contribution in [3.63, 3.8) is 0 Å². The Morgan fingerprint density at radius 2 is 2.04 bits per heavy atom. The van der Waals surface area contributed by atoms with Crippen molar-refractivity contribution >= 4 is 22.3 Å². The van der Waals surface area contributed by atoms with Crippen LogP contribution in [-0.4, -0.2) is 74.7 Å². The van der Waals surface area contributed by atoms with Crippen LogP contribution in [0.5, 0.6) is 0 Å². The van der Waals surface area contributed by atoms with Crippen LogP contribution in [0.1, 0.15) is 33.6 Å². The van der Waals surface area contributed by atoms with E-state index < -0.39 is 0 Å². The minimum Gasteiger partial charge on any atom is -0.360 e. The minimum atomic E-state index is 0.625. The second kappa shape index (κ2) is 10.7. The van der Waals surface area contributed by atoms with Gasteiger partial charge in [-0.2, -0.15) is 0 Å². The highest BCUT2D eigenvalue weighted by Gasteiger charge is 2.20. The average molecular weight is 366 g/mol. The normalized spacial score (nSPS) is 16.2. The topological polar surface area (TPSA) is 34.1 Å². The summed E-state index contributed by atoms with van der Waals surface area (Å²) < 4.78 is 0. The minimum absolute atomic E-state index is 0.625. The number of thiophene rings is 1. The summed E-state index contributed by atoms with van der Waals surface area (Å²) in [5.41, 5.74) is 0. The Bertz CT molecular complexity index is 492. The Balaban J connectivity index is 1.76. The van der Waals surface area contributed by atoms with Crippen molar-refractivity contribution in [3.8, 4) is 0 Å². The Kier molecular flexibility index (Phi) is 8.55. The molecular weight excluding hydrogens is 330 g/mol. The summed E-state index contributed by atoms with van der Waals surface area (Å²) in [6.45, 7) is 13.9. The first kappa shape index (κ1) is 20.0. The fourth-order valence-corrected chi connectivity index (χ4v) is 3.72. The smallest absolute Gasteiger partial charge is 0.194 e. The Labute approximate surface area is 157 Å². The van der Waals surface area contributed by atoms with Crippen molar-refractivity contribution in [3.05, 3.63) is 17.5 Å². The molecule has 0 bridgehead atoms. The highest BCUT2D eigenvalue weighted by Crippen LogP contribution is 2.22. The summed E-state index contributed by atoms with van der Waals surface area (Å²) in [5.74, 6) is 1.09. The molecule has 0 spiro atoms. The van der Waals surface area contributed by atoms with E-state index >= 15 is 0 Å². The third-order valence-electron chi connectivity index (χ3n) is 4.79. The van der Waals surface area contributed by atoms with Crippen LogP contribution in [0.15, 0.2) is 22.5 Å². The molecule has 1 N–H and O–H groups in total. The average Bonchev–Trinajstić information content (AvgIpc) is 3.15. The van der Waals surface area contributed by atoms with Gasteiger partial charge >= 0.3 is 0 Å². The Morgan fingerprint density at radius 1 is 1.28 bits per heavy atom. The van der Waals surface area contributed by atoms with Crippen molar-refractivity contribution in [2.45, 2.75) is 39.7 Å². The summed E-state index contributed by atoms with van der Waals surface area (Å²) in [5, 5.41) is 7.01. The number of hydrogen-bond acceptors (Lipinski definition) is 4. The fraction of sp³-hybridized carbons (Fsp3) is 0.737. The number of piperazine rings is 1. The van der Waals surface area contributed by atoms with E-state index in [2.05, 4.69) is 65.3 Å². The molecule has 1 aliphatic heterocycles. The molecule has 0 unspecified atom stereocenters. The Hall–Kier alpha value is -1.27. The SMILES string of the molecule is CCNC(=NCCCCN(C)C(C)C)N1CCN(c2cccs2)CC1. The van der Waals surface area contributed by atoms with E-state index in [4.69, 9.17) is 4.99 Å². The van der Waals surface area contributed by atoms with E-state index in [1.807, 2.05) is 11.3 Å².